The summed E-state index contributed by atoms with van der Waals surface area (Å²) in [5, 5.41) is 7.64. The van der Waals surface area contributed by atoms with Crippen molar-refractivity contribution in [3.8, 4) is 0 Å². The van der Waals surface area contributed by atoms with Crippen LogP contribution in [0, 0.1) is 19.8 Å². The average molecular weight is 196 g/mol. The van der Waals surface area contributed by atoms with Crippen molar-refractivity contribution in [2.45, 2.75) is 40.3 Å². The Hall–Kier alpha value is -0.900. The highest BCUT2D eigenvalue weighted by Gasteiger charge is 2.13. The third kappa shape index (κ3) is 2.54. The lowest BCUT2D eigenvalue weighted by Gasteiger charge is -2.20. The molecule has 0 aliphatic rings. The van der Waals surface area contributed by atoms with Gasteiger partial charge in [-0.15, -0.1) is 0 Å². The molecule has 0 saturated heterocycles. The summed E-state index contributed by atoms with van der Waals surface area (Å²) in [4.78, 5) is 4.28. The minimum atomic E-state index is 0.454. The fourth-order valence-corrected chi connectivity index (χ4v) is 1.56. The maximum Gasteiger partial charge on any atom is 0.147 e. The molecule has 0 radical (unpaired) electrons. The number of rotatable bonds is 4. The Balaban J connectivity index is 2.71. The van der Waals surface area contributed by atoms with Crippen molar-refractivity contribution >= 4 is 0 Å². The van der Waals surface area contributed by atoms with E-state index in [1.54, 1.807) is 0 Å². The van der Waals surface area contributed by atoms with Crippen LogP contribution in [-0.4, -0.2) is 27.9 Å². The molecule has 0 aromatic carbocycles. The van der Waals surface area contributed by atoms with Crippen LogP contribution in [-0.2, 0) is 6.54 Å². The number of nitrogens with one attached hydrogen (secondary N) is 1. The van der Waals surface area contributed by atoms with E-state index in [2.05, 4.69) is 29.2 Å². The van der Waals surface area contributed by atoms with Gasteiger partial charge in [-0.1, -0.05) is 13.8 Å². The molecule has 0 saturated carbocycles. The van der Waals surface area contributed by atoms with Crippen molar-refractivity contribution in [3.05, 3.63) is 11.6 Å². The maximum absolute atomic E-state index is 4.35. The highest BCUT2D eigenvalue weighted by molar-refractivity contribution is 4.88. The van der Waals surface area contributed by atoms with E-state index < -0.39 is 0 Å². The van der Waals surface area contributed by atoms with Crippen molar-refractivity contribution in [2.24, 2.45) is 5.92 Å². The lowest BCUT2D eigenvalue weighted by atomic mass is 10.1. The number of nitrogens with zero attached hydrogens (tertiary/aromatic N) is 3. The van der Waals surface area contributed by atoms with E-state index in [-0.39, 0.29) is 0 Å². The number of hydrogen-bond acceptors (Lipinski definition) is 3. The van der Waals surface area contributed by atoms with Crippen LogP contribution < -0.4 is 5.32 Å². The standard InChI is InChI=1S/C10H20N4/c1-7(2)10(11-5)6-14-9(4)12-8(3)13-14/h7,10-11H,6H2,1-5H3. The van der Waals surface area contributed by atoms with E-state index in [4.69, 9.17) is 0 Å². The molecule has 1 aromatic heterocycles. The van der Waals surface area contributed by atoms with Gasteiger partial charge in [-0.3, -0.25) is 0 Å². The fourth-order valence-electron chi connectivity index (χ4n) is 1.56. The Labute approximate surface area is 85.7 Å². The van der Waals surface area contributed by atoms with Gasteiger partial charge in [0.25, 0.3) is 0 Å². The summed E-state index contributed by atoms with van der Waals surface area (Å²) < 4.78 is 1.97. The van der Waals surface area contributed by atoms with Gasteiger partial charge < -0.3 is 5.32 Å². The van der Waals surface area contributed by atoms with Crippen LogP contribution in [0.4, 0.5) is 0 Å². The van der Waals surface area contributed by atoms with Crippen molar-refractivity contribution in [1.82, 2.24) is 20.1 Å². The quantitative estimate of drug-likeness (QED) is 0.785. The molecule has 0 amide bonds. The normalized spacial score (nSPS) is 13.6. The molecule has 1 unspecified atom stereocenters. The van der Waals surface area contributed by atoms with Crippen LogP contribution >= 0.6 is 0 Å². The van der Waals surface area contributed by atoms with Gasteiger partial charge in [-0.25, -0.2) is 9.67 Å². The molecule has 0 fully saturated rings. The first kappa shape index (κ1) is 11.2. The van der Waals surface area contributed by atoms with Crippen LogP contribution in [0.3, 0.4) is 0 Å². The van der Waals surface area contributed by atoms with Gasteiger partial charge >= 0.3 is 0 Å². The van der Waals surface area contributed by atoms with Crippen molar-refractivity contribution in [2.75, 3.05) is 7.05 Å². The summed E-state index contributed by atoms with van der Waals surface area (Å²) >= 11 is 0. The number of likely N-dealkylation sites (N-methyl/N-ethyl adjacent to an activating group) is 1. The molecule has 4 heteroatoms. The van der Waals surface area contributed by atoms with E-state index in [1.807, 2.05) is 25.6 Å². The van der Waals surface area contributed by atoms with Gasteiger partial charge in [0.15, 0.2) is 0 Å². The first-order valence-electron chi connectivity index (χ1n) is 5.10. The summed E-state index contributed by atoms with van der Waals surface area (Å²) in [5.41, 5.74) is 0. The minimum Gasteiger partial charge on any atom is -0.315 e. The predicted molar refractivity (Wildman–Crippen MR) is 57.2 cm³/mol. The summed E-state index contributed by atoms with van der Waals surface area (Å²) in [6.45, 7) is 9.22. The Bertz CT molecular complexity index is 290. The maximum atomic E-state index is 4.35. The van der Waals surface area contributed by atoms with E-state index >= 15 is 0 Å². The zero-order valence-electron chi connectivity index (χ0n) is 9.70. The van der Waals surface area contributed by atoms with Crippen LogP contribution in [0.2, 0.25) is 0 Å². The zero-order valence-corrected chi connectivity index (χ0v) is 9.70. The molecule has 1 N–H and O–H groups in total. The molecular weight excluding hydrogens is 176 g/mol. The summed E-state index contributed by atoms with van der Waals surface area (Å²) in [6, 6.07) is 0.454. The third-order valence-electron chi connectivity index (χ3n) is 2.51. The molecule has 0 bridgehead atoms. The van der Waals surface area contributed by atoms with E-state index in [9.17, 15) is 0 Å². The zero-order chi connectivity index (χ0) is 10.7. The lowest BCUT2D eigenvalue weighted by molar-refractivity contribution is 0.358. The number of aryl methyl sites for hydroxylation is 2. The van der Waals surface area contributed by atoms with Crippen molar-refractivity contribution < 1.29 is 0 Å². The summed E-state index contributed by atoms with van der Waals surface area (Å²) in [5.74, 6) is 2.44. The number of aromatic nitrogens is 3. The Morgan fingerprint density at radius 1 is 1.36 bits per heavy atom. The van der Waals surface area contributed by atoms with Gasteiger partial charge in [0.2, 0.25) is 0 Å². The highest BCUT2D eigenvalue weighted by atomic mass is 15.3. The molecule has 1 atom stereocenters. The monoisotopic (exact) mass is 196 g/mol. The minimum absolute atomic E-state index is 0.454. The van der Waals surface area contributed by atoms with Gasteiger partial charge in [0.1, 0.15) is 11.6 Å². The molecule has 80 valence electrons. The molecule has 1 rings (SSSR count). The van der Waals surface area contributed by atoms with Crippen molar-refractivity contribution in [1.29, 1.82) is 0 Å². The Morgan fingerprint density at radius 2 is 2.00 bits per heavy atom. The van der Waals surface area contributed by atoms with E-state index in [0.717, 1.165) is 18.2 Å². The molecule has 0 aliphatic heterocycles. The smallest absolute Gasteiger partial charge is 0.147 e. The molecule has 1 heterocycles. The van der Waals surface area contributed by atoms with Crippen LogP contribution in [0.25, 0.3) is 0 Å². The predicted octanol–water partition coefficient (Wildman–Crippen LogP) is 1.14. The second-order valence-electron chi connectivity index (χ2n) is 4.03. The van der Waals surface area contributed by atoms with Gasteiger partial charge in [-0.05, 0) is 26.8 Å². The lowest BCUT2D eigenvalue weighted by Crippen LogP contribution is -2.35. The molecule has 0 aliphatic carbocycles. The molecule has 14 heavy (non-hydrogen) atoms. The Morgan fingerprint density at radius 3 is 2.36 bits per heavy atom. The van der Waals surface area contributed by atoms with Crippen LogP contribution in [0.5, 0.6) is 0 Å². The first-order chi connectivity index (χ1) is 6.54. The van der Waals surface area contributed by atoms with E-state index in [1.165, 1.54) is 0 Å². The van der Waals surface area contributed by atoms with Crippen LogP contribution in [0.1, 0.15) is 25.5 Å². The third-order valence-corrected chi connectivity index (χ3v) is 2.51. The van der Waals surface area contributed by atoms with Gasteiger partial charge in [-0.2, -0.15) is 5.10 Å². The second-order valence-corrected chi connectivity index (χ2v) is 4.03. The largest absolute Gasteiger partial charge is 0.315 e. The van der Waals surface area contributed by atoms with Gasteiger partial charge in [0.05, 0.1) is 6.54 Å². The van der Waals surface area contributed by atoms with Gasteiger partial charge in [0, 0.05) is 6.04 Å². The summed E-state index contributed by atoms with van der Waals surface area (Å²) in [6.07, 6.45) is 0. The Kier molecular flexibility index (Phi) is 3.63. The molecule has 4 nitrogen and oxygen atoms in total. The molecular formula is C10H20N4. The van der Waals surface area contributed by atoms with Crippen molar-refractivity contribution in [3.63, 3.8) is 0 Å². The van der Waals surface area contributed by atoms with E-state index in [0.29, 0.717) is 12.0 Å². The fraction of sp³-hybridized carbons (Fsp3) is 0.800. The van der Waals surface area contributed by atoms with Crippen LogP contribution in [0.15, 0.2) is 0 Å². The number of hydrogen-bond donors (Lipinski definition) is 1. The highest BCUT2D eigenvalue weighted by Crippen LogP contribution is 2.05. The molecule has 1 aromatic rings. The summed E-state index contributed by atoms with van der Waals surface area (Å²) in [7, 11) is 1.99. The first-order valence-corrected chi connectivity index (χ1v) is 5.10. The molecule has 0 spiro atoms. The second kappa shape index (κ2) is 4.55. The topological polar surface area (TPSA) is 42.7 Å². The average Bonchev–Trinajstić information content (AvgIpc) is 2.40. The SMILES string of the molecule is CNC(Cn1nc(C)nc1C)C(C)C.